The summed E-state index contributed by atoms with van der Waals surface area (Å²) < 4.78 is 18.6. The molecule has 3 nitrogen and oxygen atoms in total. The van der Waals surface area contributed by atoms with Crippen LogP contribution in [0.4, 0.5) is 0 Å². The van der Waals surface area contributed by atoms with E-state index in [1.807, 2.05) is 24.5 Å². The number of hydrogen-bond donors (Lipinski definition) is 0. The van der Waals surface area contributed by atoms with Gasteiger partial charge in [-0.15, -0.1) is 13.2 Å². The second-order valence-corrected chi connectivity index (χ2v) is 12.4. The van der Waals surface area contributed by atoms with Crippen LogP contribution in [0.2, 0.25) is 13.1 Å². The zero-order valence-electron chi connectivity index (χ0n) is 15.3. The summed E-state index contributed by atoms with van der Waals surface area (Å²) in [7, 11) is -4.83. The molecule has 0 heterocycles. The first-order valence-electron chi connectivity index (χ1n) is 8.63. The average Bonchev–Trinajstić information content (AvgIpc) is 2.47. The van der Waals surface area contributed by atoms with Crippen LogP contribution in [0.1, 0.15) is 59.3 Å². The van der Waals surface area contributed by atoms with E-state index in [0.717, 1.165) is 25.9 Å². The Bertz CT molecular complexity index is 325. The van der Waals surface area contributed by atoms with Gasteiger partial charge in [0, 0.05) is 12.7 Å². The number of rotatable bonds is 14. The molecule has 130 valence electrons. The molecule has 3 atom stereocenters. The van der Waals surface area contributed by atoms with Crippen molar-refractivity contribution >= 4 is 17.1 Å². The van der Waals surface area contributed by atoms with Gasteiger partial charge in [0.05, 0.1) is 0 Å². The third kappa shape index (κ3) is 9.05. The number of hydrogen-bond acceptors (Lipinski definition) is 3. The van der Waals surface area contributed by atoms with Gasteiger partial charge in [-0.2, -0.15) is 0 Å². The molecule has 0 amide bonds. The quantitative estimate of drug-likeness (QED) is 0.312. The fraction of sp³-hybridized carbons (Fsp3) is 0.765. The van der Waals surface area contributed by atoms with Gasteiger partial charge in [-0.1, -0.05) is 50.9 Å². The maximum atomic E-state index is 6.34. The third-order valence-electron chi connectivity index (χ3n) is 3.68. The van der Waals surface area contributed by atoms with Crippen molar-refractivity contribution < 1.29 is 13.0 Å². The molecule has 0 bridgehead atoms. The molecule has 0 saturated carbocycles. The van der Waals surface area contributed by atoms with Gasteiger partial charge in [0.25, 0.3) is 0 Å². The van der Waals surface area contributed by atoms with Crippen molar-refractivity contribution in [1.29, 1.82) is 0 Å². The van der Waals surface area contributed by atoms with Crippen LogP contribution in [0.5, 0.6) is 0 Å². The first-order valence-corrected chi connectivity index (χ1v) is 13.4. The fourth-order valence-electron chi connectivity index (χ4n) is 2.21. The molecule has 0 N–H and O–H groups in total. The van der Waals surface area contributed by atoms with E-state index >= 15 is 0 Å². The average molecular weight is 345 g/mol. The molecule has 3 unspecified atom stereocenters. The minimum atomic E-state index is -2.43. The molecular formula is C17H36O3Si2. The van der Waals surface area contributed by atoms with Crippen molar-refractivity contribution in [2.75, 3.05) is 6.61 Å². The van der Waals surface area contributed by atoms with Crippen LogP contribution in [0.3, 0.4) is 0 Å². The van der Waals surface area contributed by atoms with Crippen LogP contribution in [-0.2, 0) is 13.0 Å². The predicted molar refractivity (Wildman–Crippen MR) is 100 cm³/mol. The summed E-state index contributed by atoms with van der Waals surface area (Å²) >= 11 is 0. The zero-order valence-corrected chi connectivity index (χ0v) is 17.3. The van der Waals surface area contributed by atoms with Crippen LogP contribution in [0.15, 0.2) is 24.6 Å². The van der Waals surface area contributed by atoms with Crippen molar-refractivity contribution in [1.82, 2.24) is 0 Å². The van der Waals surface area contributed by atoms with Crippen LogP contribution < -0.4 is 0 Å². The van der Waals surface area contributed by atoms with Crippen molar-refractivity contribution in [3.05, 3.63) is 24.6 Å². The van der Waals surface area contributed by atoms with Crippen molar-refractivity contribution in [3.63, 3.8) is 0 Å². The molecule has 0 saturated heterocycles. The summed E-state index contributed by atoms with van der Waals surface area (Å²) in [6.45, 7) is 19.2. The monoisotopic (exact) mass is 344 g/mol. The number of unbranched alkanes of at least 4 members (excludes halogenated alkanes) is 3. The van der Waals surface area contributed by atoms with Gasteiger partial charge in [-0.3, -0.25) is 0 Å². The Labute approximate surface area is 140 Å². The summed E-state index contributed by atoms with van der Waals surface area (Å²) in [5.41, 5.74) is 3.71. The largest absolute Gasteiger partial charge is 0.409 e. The van der Waals surface area contributed by atoms with Gasteiger partial charge in [0.2, 0.25) is 0 Å². The lowest BCUT2D eigenvalue weighted by Gasteiger charge is -2.35. The summed E-state index contributed by atoms with van der Waals surface area (Å²) in [4.78, 5) is 0. The lowest BCUT2D eigenvalue weighted by Crippen LogP contribution is -2.51. The Morgan fingerprint density at radius 3 is 2.05 bits per heavy atom. The van der Waals surface area contributed by atoms with Gasteiger partial charge >= 0.3 is 17.1 Å². The van der Waals surface area contributed by atoms with Crippen LogP contribution >= 0.6 is 0 Å². The van der Waals surface area contributed by atoms with Crippen LogP contribution in [0, 0.1) is 0 Å². The molecule has 0 aromatic carbocycles. The van der Waals surface area contributed by atoms with Crippen LogP contribution in [0.25, 0.3) is 0 Å². The van der Waals surface area contributed by atoms with Crippen molar-refractivity contribution in [2.45, 2.75) is 78.5 Å². The summed E-state index contributed by atoms with van der Waals surface area (Å²) in [5, 5.41) is 0. The van der Waals surface area contributed by atoms with E-state index in [4.69, 9.17) is 13.0 Å². The van der Waals surface area contributed by atoms with Crippen molar-refractivity contribution in [2.24, 2.45) is 0 Å². The smallest absolute Gasteiger partial charge is 0.352 e. The molecule has 0 radical (unpaired) electrons. The van der Waals surface area contributed by atoms with E-state index in [2.05, 4.69) is 33.9 Å². The Morgan fingerprint density at radius 1 is 0.955 bits per heavy atom. The standard InChI is InChI=1S/C17H36O3Si2/c1-8-12-14-15-17(5)19-22(7,11-4)20-21(6,10-3)18-16-13-9-2/h10-11,17H,3-4,8-9,12-16H2,1-2,5-7H3. The predicted octanol–water partition coefficient (Wildman–Crippen LogP) is 5.40. The minimum absolute atomic E-state index is 0.194. The second-order valence-electron chi connectivity index (χ2n) is 6.17. The highest BCUT2D eigenvalue weighted by molar-refractivity contribution is 6.84. The Kier molecular flexibility index (Phi) is 11.2. The molecular weight excluding hydrogens is 308 g/mol. The van der Waals surface area contributed by atoms with E-state index in [0.29, 0.717) is 0 Å². The lowest BCUT2D eigenvalue weighted by atomic mass is 10.1. The van der Waals surface area contributed by atoms with E-state index in [-0.39, 0.29) is 6.10 Å². The van der Waals surface area contributed by atoms with Gasteiger partial charge in [-0.05, 0) is 32.9 Å². The van der Waals surface area contributed by atoms with Crippen LogP contribution in [-0.4, -0.2) is 29.8 Å². The molecule has 0 aliphatic carbocycles. The highest BCUT2D eigenvalue weighted by atomic mass is 28.5. The van der Waals surface area contributed by atoms with E-state index in [1.165, 1.54) is 19.3 Å². The van der Waals surface area contributed by atoms with Gasteiger partial charge in [0.1, 0.15) is 0 Å². The van der Waals surface area contributed by atoms with Gasteiger partial charge in [0.15, 0.2) is 0 Å². The molecule has 0 spiro atoms. The zero-order chi connectivity index (χ0) is 17.1. The third-order valence-corrected chi connectivity index (χ3v) is 10.1. The molecule has 5 heteroatoms. The first-order chi connectivity index (χ1) is 10.3. The maximum Gasteiger partial charge on any atom is 0.352 e. The van der Waals surface area contributed by atoms with Gasteiger partial charge < -0.3 is 13.0 Å². The Morgan fingerprint density at radius 2 is 1.55 bits per heavy atom. The highest BCUT2D eigenvalue weighted by Crippen LogP contribution is 2.22. The molecule has 0 fully saturated rings. The normalized spacial score (nSPS) is 18.2. The molecule has 22 heavy (non-hydrogen) atoms. The molecule has 0 rings (SSSR count). The Hall–Kier alpha value is -0.206. The summed E-state index contributed by atoms with van der Waals surface area (Å²) in [6, 6.07) is 0. The summed E-state index contributed by atoms with van der Waals surface area (Å²) in [5.74, 6) is 0. The highest BCUT2D eigenvalue weighted by Gasteiger charge is 2.40. The maximum absolute atomic E-state index is 6.34. The van der Waals surface area contributed by atoms with E-state index in [1.54, 1.807) is 0 Å². The topological polar surface area (TPSA) is 27.7 Å². The molecule has 0 aromatic heterocycles. The fourth-order valence-corrected chi connectivity index (χ4v) is 8.20. The van der Waals surface area contributed by atoms with Gasteiger partial charge in [-0.25, -0.2) is 0 Å². The summed E-state index contributed by atoms with van der Waals surface area (Å²) in [6.07, 6.45) is 7.09. The first kappa shape index (κ1) is 21.8. The molecule has 0 aliphatic heterocycles. The van der Waals surface area contributed by atoms with Crippen molar-refractivity contribution in [3.8, 4) is 0 Å². The molecule has 0 aromatic rings. The SMILES string of the molecule is C=C[Si](C)(OCCCC)O[Si](C)(C=C)OC(C)CCCCC. The lowest BCUT2D eigenvalue weighted by molar-refractivity contribution is 0.147. The van der Waals surface area contributed by atoms with E-state index < -0.39 is 17.1 Å². The second kappa shape index (κ2) is 11.3. The minimum Gasteiger partial charge on any atom is -0.409 e. The molecule has 0 aliphatic rings. The Balaban J connectivity index is 4.61. The van der Waals surface area contributed by atoms with E-state index in [9.17, 15) is 0 Å².